The van der Waals surface area contributed by atoms with Gasteiger partial charge in [-0.2, -0.15) is 4.31 Å². The summed E-state index contributed by atoms with van der Waals surface area (Å²) in [5.41, 5.74) is 0. The van der Waals surface area contributed by atoms with Crippen molar-refractivity contribution in [1.82, 2.24) is 9.21 Å². The topological polar surface area (TPSA) is 60.9 Å². The van der Waals surface area contributed by atoms with Crippen LogP contribution in [0.15, 0.2) is 29.2 Å². The van der Waals surface area contributed by atoms with Crippen molar-refractivity contribution in [3.63, 3.8) is 0 Å². The molecule has 0 saturated carbocycles. The van der Waals surface area contributed by atoms with Crippen LogP contribution in [0.1, 0.15) is 19.3 Å². The van der Waals surface area contributed by atoms with Crippen LogP contribution in [0.25, 0.3) is 0 Å². The molecule has 20 heavy (non-hydrogen) atoms. The van der Waals surface area contributed by atoms with Crippen molar-refractivity contribution in [2.45, 2.75) is 30.2 Å². The number of aromatic hydroxyl groups is 1. The summed E-state index contributed by atoms with van der Waals surface area (Å²) in [6.45, 7) is 3.00. The van der Waals surface area contributed by atoms with Gasteiger partial charge in [-0.05, 0) is 37.6 Å². The molecule has 3 rings (SSSR count). The molecule has 2 saturated heterocycles. The molecule has 0 aliphatic carbocycles. The summed E-state index contributed by atoms with van der Waals surface area (Å²) in [4.78, 5) is 2.58. The van der Waals surface area contributed by atoms with Crippen LogP contribution in [0.3, 0.4) is 0 Å². The van der Waals surface area contributed by atoms with Gasteiger partial charge in [-0.1, -0.05) is 12.5 Å². The van der Waals surface area contributed by atoms with Crippen molar-refractivity contribution in [2.75, 3.05) is 26.2 Å². The monoisotopic (exact) mass is 296 g/mol. The first-order chi connectivity index (χ1) is 9.57. The fourth-order valence-electron chi connectivity index (χ4n) is 3.14. The highest BCUT2D eigenvalue weighted by Gasteiger charge is 2.35. The van der Waals surface area contributed by atoms with E-state index in [2.05, 4.69) is 4.90 Å². The lowest BCUT2D eigenvalue weighted by molar-refractivity contribution is 0.0851. The van der Waals surface area contributed by atoms with Gasteiger partial charge in [0.25, 0.3) is 0 Å². The fraction of sp³-hybridized carbons (Fsp3) is 0.571. The van der Waals surface area contributed by atoms with E-state index in [0.29, 0.717) is 19.1 Å². The second-order valence-corrected chi connectivity index (χ2v) is 7.48. The maximum atomic E-state index is 12.6. The van der Waals surface area contributed by atoms with Gasteiger partial charge >= 0.3 is 0 Å². The van der Waals surface area contributed by atoms with Crippen LogP contribution in [0.4, 0.5) is 0 Å². The summed E-state index contributed by atoms with van der Waals surface area (Å²) >= 11 is 0. The smallest absolute Gasteiger partial charge is 0.243 e. The number of phenols is 1. The summed E-state index contributed by atoms with van der Waals surface area (Å²) in [7, 11) is -3.49. The lowest BCUT2D eigenvalue weighted by Gasteiger charge is -2.43. The third kappa shape index (κ3) is 2.55. The first-order valence-electron chi connectivity index (χ1n) is 7.10. The summed E-state index contributed by atoms with van der Waals surface area (Å²) in [5.74, 6) is -0.0117. The van der Waals surface area contributed by atoms with Crippen LogP contribution in [-0.4, -0.2) is 55.0 Å². The molecule has 0 amide bonds. The number of nitrogens with zero attached hydrogens (tertiary/aromatic N) is 2. The molecule has 5 nitrogen and oxygen atoms in total. The van der Waals surface area contributed by atoms with Gasteiger partial charge in [0.2, 0.25) is 10.0 Å². The minimum Gasteiger partial charge on any atom is -0.508 e. The number of hydrogen-bond acceptors (Lipinski definition) is 4. The molecule has 2 heterocycles. The Morgan fingerprint density at radius 1 is 1.15 bits per heavy atom. The van der Waals surface area contributed by atoms with Gasteiger partial charge in [0.05, 0.1) is 4.90 Å². The van der Waals surface area contributed by atoms with Crippen LogP contribution in [0, 0.1) is 0 Å². The normalized spacial score (nSPS) is 25.3. The molecule has 0 aromatic heterocycles. The standard InChI is InChI=1S/C14H20N2O3S/c17-13-5-3-6-14(10-13)20(18,19)16-9-8-15-7-2-1-4-12(15)11-16/h3,5-6,10,12,17H,1-2,4,7-9,11H2. The number of phenolic OH excluding ortho intramolecular Hbond substituents is 1. The second-order valence-electron chi connectivity index (χ2n) is 5.55. The predicted molar refractivity (Wildman–Crippen MR) is 76.1 cm³/mol. The average molecular weight is 296 g/mol. The van der Waals surface area contributed by atoms with Crippen LogP contribution >= 0.6 is 0 Å². The summed E-state index contributed by atoms with van der Waals surface area (Å²) in [5, 5.41) is 9.47. The van der Waals surface area contributed by atoms with Crippen molar-refractivity contribution >= 4 is 10.0 Å². The molecular weight excluding hydrogens is 276 g/mol. The molecule has 2 fully saturated rings. The average Bonchev–Trinajstić information content (AvgIpc) is 2.46. The van der Waals surface area contributed by atoms with E-state index >= 15 is 0 Å². The zero-order chi connectivity index (χ0) is 14.2. The van der Waals surface area contributed by atoms with E-state index in [1.165, 1.54) is 25.0 Å². The zero-order valence-electron chi connectivity index (χ0n) is 11.4. The lowest BCUT2D eigenvalue weighted by atomic mass is 10.0. The first kappa shape index (κ1) is 13.9. The maximum absolute atomic E-state index is 12.6. The molecule has 1 aromatic rings. The first-order valence-corrected chi connectivity index (χ1v) is 8.54. The summed E-state index contributed by atoms with van der Waals surface area (Å²) in [6, 6.07) is 6.27. The minimum absolute atomic E-state index is 0.0117. The van der Waals surface area contributed by atoms with Gasteiger partial charge < -0.3 is 5.11 Å². The maximum Gasteiger partial charge on any atom is 0.243 e. The van der Waals surface area contributed by atoms with Crippen molar-refractivity contribution in [1.29, 1.82) is 0 Å². The SMILES string of the molecule is O=S(=O)(c1cccc(O)c1)N1CCN2CCCCC2C1. The molecular formula is C14H20N2O3S. The van der Waals surface area contributed by atoms with E-state index in [0.717, 1.165) is 19.5 Å². The highest BCUT2D eigenvalue weighted by atomic mass is 32.2. The molecule has 6 heteroatoms. The molecule has 2 aliphatic rings. The van der Waals surface area contributed by atoms with E-state index in [4.69, 9.17) is 0 Å². The highest BCUT2D eigenvalue weighted by Crippen LogP contribution is 2.26. The quantitative estimate of drug-likeness (QED) is 0.892. The number of rotatable bonds is 2. The molecule has 110 valence electrons. The van der Waals surface area contributed by atoms with E-state index in [9.17, 15) is 13.5 Å². The van der Waals surface area contributed by atoms with Crippen molar-refractivity contribution in [3.05, 3.63) is 24.3 Å². The van der Waals surface area contributed by atoms with Gasteiger partial charge in [0.1, 0.15) is 5.75 Å². The predicted octanol–water partition coefficient (Wildman–Crippen LogP) is 1.25. The Hall–Kier alpha value is -1.11. The molecule has 1 aromatic carbocycles. The molecule has 1 atom stereocenters. The minimum atomic E-state index is -3.49. The molecule has 0 radical (unpaired) electrons. The lowest BCUT2D eigenvalue weighted by Crippen LogP contribution is -2.56. The van der Waals surface area contributed by atoms with Crippen molar-refractivity contribution < 1.29 is 13.5 Å². The van der Waals surface area contributed by atoms with Crippen LogP contribution in [0.2, 0.25) is 0 Å². The van der Waals surface area contributed by atoms with E-state index in [-0.39, 0.29) is 10.6 Å². The van der Waals surface area contributed by atoms with Crippen molar-refractivity contribution in [3.8, 4) is 5.75 Å². The Morgan fingerprint density at radius 3 is 2.80 bits per heavy atom. The van der Waals surface area contributed by atoms with Gasteiger partial charge in [-0.3, -0.25) is 4.90 Å². The molecule has 1 unspecified atom stereocenters. The highest BCUT2D eigenvalue weighted by molar-refractivity contribution is 7.89. The van der Waals surface area contributed by atoms with Gasteiger partial charge in [0, 0.05) is 25.7 Å². The number of benzene rings is 1. The summed E-state index contributed by atoms with van der Waals surface area (Å²) in [6.07, 6.45) is 3.48. The third-order valence-corrected chi connectivity index (χ3v) is 6.12. The Bertz CT molecular complexity index is 588. The van der Waals surface area contributed by atoms with Crippen LogP contribution in [0.5, 0.6) is 5.75 Å². The van der Waals surface area contributed by atoms with E-state index in [1.54, 1.807) is 16.4 Å². The Balaban J connectivity index is 1.81. The number of hydrogen-bond donors (Lipinski definition) is 1. The fourth-order valence-corrected chi connectivity index (χ4v) is 4.65. The number of sulfonamides is 1. The molecule has 0 spiro atoms. The van der Waals surface area contributed by atoms with Gasteiger partial charge in [0.15, 0.2) is 0 Å². The number of piperidine rings is 1. The second kappa shape index (κ2) is 5.35. The largest absolute Gasteiger partial charge is 0.508 e. The van der Waals surface area contributed by atoms with E-state index in [1.807, 2.05) is 0 Å². The zero-order valence-corrected chi connectivity index (χ0v) is 12.2. The Kier molecular flexibility index (Phi) is 3.70. The van der Waals surface area contributed by atoms with Crippen LogP contribution < -0.4 is 0 Å². The summed E-state index contributed by atoms with van der Waals surface area (Å²) < 4.78 is 26.8. The van der Waals surface area contributed by atoms with Crippen molar-refractivity contribution in [2.24, 2.45) is 0 Å². The Labute approximate surface area is 119 Å². The molecule has 0 bridgehead atoms. The number of piperazine rings is 1. The van der Waals surface area contributed by atoms with Crippen LogP contribution in [-0.2, 0) is 10.0 Å². The molecule has 1 N–H and O–H groups in total. The molecule has 2 aliphatic heterocycles. The van der Waals surface area contributed by atoms with Gasteiger partial charge in [-0.25, -0.2) is 8.42 Å². The third-order valence-electron chi connectivity index (χ3n) is 4.26. The van der Waals surface area contributed by atoms with Gasteiger partial charge in [-0.15, -0.1) is 0 Å². The number of fused-ring (bicyclic) bond motifs is 1. The van der Waals surface area contributed by atoms with E-state index < -0.39 is 10.0 Å². The Morgan fingerprint density at radius 2 is 2.00 bits per heavy atom.